The van der Waals surface area contributed by atoms with Gasteiger partial charge >= 0.3 is 5.97 Å². The number of carbonyl (C=O) groups excluding carboxylic acids is 1. The molecule has 0 aliphatic carbocycles. The first-order valence-corrected chi connectivity index (χ1v) is 9.60. The molecule has 0 aliphatic rings. The average Bonchev–Trinajstić information content (AvgIpc) is 2.79. The molecule has 0 aromatic heterocycles. The molecule has 0 N–H and O–H groups in total. The lowest BCUT2D eigenvalue weighted by Crippen LogP contribution is -2.09. The van der Waals surface area contributed by atoms with E-state index in [-0.39, 0.29) is 23.7 Å². The molecule has 8 heteroatoms. The van der Waals surface area contributed by atoms with E-state index in [1.807, 2.05) is 6.92 Å². The summed E-state index contributed by atoms with van der Waals surface area (Å²) < 4.78 is 35.6. The van der Waals surface area contributed by atoms with Crippen LogP contribution < -0.4 is 9.47 Å². The number of esters is 1. The van der Waals surface area contributed by atoms with Gasteiger partial charge in [-0.15, -0.1) is 0 Å². The highest BCUT2D eigenvalue weighted by molar-refractivity contribution is 6.16. The maximum atomic E-state index is 14.7. The number of carbonyl (C=O) groups is 1. The van der Waals surface area contributed by atoms with Crippen molar-refractivity contribution in [2.75, 3.05) is 27.9 Å². The summed E-state index contributed by atoms with van der Waals surface area (Å²) in [5, 5.41) is 3.79. The molecule has 7 nitrogen and oxygen atoms in total. The van der Waals surface area contributed by atoms with Crippen LogP contribution in [-0.4, -0.2) is 40.1 Å². The van der Waals surface area contributed by atoms with Gasteiger partial charge in [-0.25, -0.2) is 9.18 Å². The van der Waals surface area contributed by atoms with E-state index in [1.54, 1.807) is 30.3 Å². The lowest BCUT2D eigenvalue weighted by atomic mass is 10.0. The van der Waals surface area contributed by atoms with Crippen molar-refractivity contribution in [2.24, 2.45) is 5.16 Å². The first kappa shape index (κ1) is 23.7. The molecule has 2 aromatic carbocycles. The Bertz CT molecular complexity index is 942. The third kappa shape index (κ3) is 6.47. The fraction of sp³-hybridized carbons (Fsp3) is 0.304. The fourth-order valence-corrected chi connectivity index (χ4v) is 2.70. The predicted octanol–water partition coefficient (Wildman–Crippen LogP) is 4.33. The summed E-state index contributed by atoms with van der Waals surface area (Å²) in [6, 6.07) is 9.90. The van der Waals surface area contributed by atoms with Crippen LogP contribution in [0.5, 0.6) is 11.5 Å². The van der Waals surface area contributed by atoms with Crippen molar-refractivity contribution in [1.29, 1.82) is 0 Å². The van der Waals surface area contributed by atoms with E-state index in [1.165, 1.54) is 39.9 Å². The van der Waals surface area contributed by atoms with Gasteiger partial charge < -0.3 is 23.8 Å². The number of halogens is 1. The van der Waals surface area contributed by atoms with Crippen molar-refractivity contribution in [3.63, 3.8) is 0 Å². The number of hydrogen-bond acceptors (Lipinski definition) is 7. The van der Waals surface area contributed by atoms with Gasteiger partial charge in [-0.1, -0.05) is 36.3 Å². The fourth-order valence-electron chi connectivity index (χ4n) is 2.70. The Morgan fingerprint density at radius 1 is 1.16 bits per heavy atom. The molecule has 2 rings (SSSR count). The van der Waals surface area contributed by atoms with Crippen LogP contribution in [-0.2, 0) is 25.7 Å². The molecular formula is C23H26FNO6. The average molecular weight is 431 g/mol. The molecule has 0 unspecified atom stereocenters. The minimum Gasteiger partial charge on any atom is -0.503 e. The largest absolute Gasteiger partial charge is 0.503 e. The van der Waals surface area contributed by atoms with Crippen LogP contribution >= 0.6 is 0 Å². The smallest absolute Gasteiger partial charge is 0.341 e. The zero-order valence-electron chi connectivity index (χ0n) is 18.0. The van der Waals surface area contributed by atoms with Gasteiger partial charge in [0.15, 0.2) is 17.3 Å². The molecule has 0 saturated carbocycles. The molecule has 0 amide bonds. The molecule has 0 radical (unpaired) electrons. The normalized spacial score (nSPS) is 11.3. The minimum absolute atomic E-state index is 0.0193. The number of rotatable bonds is 11. The molecule has 166 valence electrons. The second kappa shape index (κ2) is 12.2. The molecular weight excluding hydrogens is 405 g/mol. The van der Waals surface area contributed by atoms with Crippen molar-refractivity contribution in [1.82, 2.24) is 0 Å². The standard InChI is InChI=1S/C23H26FNO6/c1-5-10-31-25-13-16-11-20(24)22(21(12-16)28-3)30-14-17-8-6-7-9-18(17)19(15-27-2)23(26)29-4/h6-9,11-13,15H,5,10,14H2,1-4H3/b19-15-,25-13+. The number of oxime groups is 1. The highest BCUT2D eigenvalue weighted by atomic mass is 19.1. The van der Waals surface area contributed by atoms with E-state index < -0.39 is 11.8 Å². The zero-order chi connectivity index (χ0) is 22.6. The Balaban J connectivity index is 2.28. The van der Waals surface area contributed by atoms with Crippen LogP contribution in [0.3, 0.4) is 0 Å². The minimum atomic E-state index is -0.616. The lowest BCUT2D eigenvalue weighted by Gasteiger charge is -2.15. The summed E-state index contributed by atoms with van der Waals surface area (Å²) in [6.45, 7) is 2.41. The van der Waals surface area contributed by atoms with E-state index in [0.29, 0.717) is 23.3 Å². The number of hydrogen-bond donors (Lipinski definition) is 0. The molecule has 0 heterocycles. The molecule has 2 aromatic rings. The summed E-state index contributed by atoms with van der Waals surface area (Å²) >= 11 is 0. The third-order valence-electron chi connectivity index (χ3n) is 4.14. The van der Waals surface area contributed by atoms with Gasteiger partial charge in [-0.05, 0) is 29.7 Å². The quantitative estimate of drug-likeness (QED) is 0.132. The Morgan fingerprint density at radius 2 is 1.94 bits per heavy atom. The lowest BCUT2D eigenvalue weighted by molar-refractivity contribution is -0.133. The molecule has 31 heavy (non-hydrogen) atoms. The summed E-state index contributed by atoms with van der Waals surface area (Å²) in [6.07, 6.45) is 3.51. The molecule has 0 bridgehead atoms. The molecule has 0 saturated heterocycles. The molecule has 0 atom stereocenters. The third-order valence-corrected chi connectivity index (χ3v) is 4.14. The topological polar surface area (TPSA) is 75.6 Å². The van der Waals surface area contributed by atoms with Gasteiger partial charge in [0.05, 0.1) is 33.8 Å². The highest BCUT2D eigenvalue weighted by Crippen LogP contribution is 2.33. The SMILES string of the molecule is CCCO/N=C/c1cc(F)c(OCc2ccccc2/C(=C/OC)C(=O)OC)c(OC)c1. The van der Waals surface area contributed by atoms with Gasteiger partial charge in [0.25, 0.3) is 0 Å². The van der Waals surface area contributed by atoms with Crippen LogP contribution in [0, 0.1) is 5.82 Å². The number of ether oxygens (including phenoxy) is 4. The van der Waals surface area contributed by atoms with Crippen LogP contribution in [0.15, 0.2) is 47.8 Å². The monoisotopic (exact) mass is 431 g/mol. The highest BCUT2D eigenvalue weighted by Gasteiger charge is 2.18. The maximum absolute atomic E-state index is 14.7. The van der Waals surface area contributed by atoms with Crippen molar-refractivity contribution in [3.05, 3.63) is 65.2 Å². The van der Waals surface area contributed by atoms with Crippen LogP contribution in [0.4, 0.5) is 4.39 Å². The Hall–Kier alpha value is -3.55. The zero-order valence-corrected chi connectivity index (χ0v) is 18.0. The second-order valence-electron chi connectivity index (χ2n) is 6.31. The van der Waals surface area contributed by atoms with E-state index in [2.05, 4.69) is 5.16 Å². The number of benzene rings is 2. The summed E-state index contributed by atoms with van der Waals surface area (Å²) in [7, 11) is 4.13. The molecule has 0 fully saturated rings. The van der Waals surface area contributed by atoms with E-state index in [0.717, 1.165) is 6.42 Å². The van der Waals surface area contributed by atoms with Crippen molar-refractivity contribution in [2.45, 2.75) is 20.0 Å². The van der Waals surface area contributed by atoms with Crippen molar-refractivity contribution in [3.8, 4) is 11.5 Å². The van der Waals surface area contributed by atoms with Gasteiger partial charge in [-0.2, -0.15) is 0 Å². The van der Waals surface area contributed by atoms with Crippen LogP contribution in [0.1, 0.15) is 30.0 Å². The van der Waals surface area contributed by atoms with Gasteiger partial charge in [0, 0.05) is 5.56 Å². The van der Waals surface area contributed by atoms with E-state index in [9.17, 15) is 9.18 Å². The molecule has 0 spiro atoms. The van der Waals surface area contributed by atoms with Gasteiger partial charge in [0.2, 0.25) is 0 Å². The Morgan fingerprint density at radius 3 is 2.61 bits per heavy atom. The molecule has 0 aliphatic heterocycles. The maximum Gasteiger partial charge on any atom is 0.341 e. The van der Waals surface area contributed by atoms with E-state index >= 15 is 0 Å². The summed E-state index contributed by atoms with van der Waals surface area (Å²) in [5.41, 5.74) is 1.87. The second-order valence-corrected chi connectivity index (χ2v) is 6.31. The Labute approximate surface area is 181 Å². The van der Waals surface area contributed by atoms with Crippen LogP contribution in [0.25, 0.3) is 5.57 Å². The predicted molar refractivity (Wildman–Crippen MR) is 115 cm³/mol. The summed E-state index contributed by atoms with van der Waals surface area (Å²) in [4.78, 5) is 17.2. The summed E-state index contributed by atoms with van der Waals surface area (Å²) in [5.74, 6) is -1.03. The van der Waals surface area contributed by atoms with Gasteiger partial charge in [0.1, 0.15) is 18.8 Å². The number of methoxy groups -OCH3 is 3. The van der Waals surface area contributed by atoms with E-state index in [4.69, 9.17) is 23.8 Å². The number of nitrogens with zero attached hydrogens (tertiary/aromatic N) is 1. The van der Waals surface area contributed by atoms with Crippen molar-refractivity contribution >= 4 is 17.8 Å². The van der Waals surface area contributed by atoms with Crippen LogP contribution in [0.2, 0.25) is 0 Å². The first-order chi connectivity index (χ1) is 15.0. The Kier molecular flexibility index (Phi) is 9.35. The first-order valence-electron chi connectivity index (χ1n) is 9.60. The van der Waals surface area contributed by atoms with Crippen molar-refractivity contribution < 1.29 is 33.0 Å². The van der Waals surface area contributed by atoms with Gasteiger partial charge in [-0.3, -0.25) is 0 Å².